The second-order valence-electron chi connectivity index (χ2n) is 5.82. The molecule has 3 N–H and O–H groups in total. The summed E-state index contributed by atoms with van der Waals surface area (Å²) in [5, 5.41) is 8.83. The number of carbonyl (C=O) groups is 1. The lowest BCUT2D eigenvalue weighted by molar-refractivity contribution is -0.0752. The summed E-state index contributed by atoms with van der Waals surface area (Å²) < 4.78 is 0. The molecule has 3 rings (SSSR count). The molecule has 0 atom stereocenters. The molecule has 2 aliphatic rings. The standard InChI is InChI=1S/C14H18N2O2/c15-12-5-14(6-12)8-16(9-14)7-10-1-3-11(4-2-10)13(17)18/h1-4,12H,5-9,15H2,(H,17,18). The maximum absolute atomic E-state index is 10.7. The molecule has 0 bridgehead atoms. The molecule has 1 aromatic carbocycles. The van der Waals surface area contributed by atoms with Gasteiger partial charge in [-0.1, -0.05) is 12.1 Å². The molecule has 4 heteroatoms. The van der Waals surface area contributed by atoms with Crippen LogP contribution in [-0.4, -0.2) is 35.1 Å². The first-order valence-corrected chi connectivity index (χ1v) is 6.37. The number of aromatic carboxylic acids is 1. The molecule has 2 fully saturated rings. The fourth-order valence-corrected chi connectivity index (χ4v) is 3.34. The molecule has 0 aromatic heterocycles. The van der Waals surface area contributed by atoms with Crippen LogP contribution in [0.5, 0.6) is 0 Å². The van der Waals surface area contributed by atoms with Crippen molar-refractivity contribution in [2.24, 2.45) is 11.1 Å². The summed E-state index contributed by atoms with van der Waals surface area (Å²) >= 11 is 0. The molecule has 1 aromatic rings. The van der Waals surface area contributed by atoms with Crippen LogP contribution in [0.25, 0.3) is 0 Å². The van der Waals surface area contributed by atoms with E-state index >= 15 is 0 Å². The summed E-state index contributed by atoms with van der Waals surface area (Å²) in [4.78, 5) is 13.1. The van der Waals surface area contributed by atoms with Crippen LogP contribution in [0.1, 0.15) is 28.8 Å². The zero-order chi connectivity index (χ0) is 12.8. The Kier molecular flexibility index (Phi) is 2.64. The highest BCUT2D eigenvalue weighted by Crippen LogP contribution is 2.47. The number of carboxylic acids is 1. The molecule has 1 aliphatic carbocycles. The number of hydrogen-bond donors (Lipinski definition) is 2. The van der Waals surface area contributed by atoms with Crippen LogP contribution in [-0.2, 0) is 6.54 Å². The topological polar surface area (TPSA) is 66.6 Å². The Balaban J connectivity index is 1.54. The van der Waals surface area contributed by atoms with E-state index in [0.29, 0.717) is 17.0 Å². The Hall–Kier alpha value is -1.39. The highest BCUT2D eigenvalue weighted by molar-refractivity contribution is 5.87. The van der Waals surface area contributed by atoms with Gasteiger partial charge >= 0.3 is 5.97 Å². The number of benzene rings is 1. The third-order valence-electron chi connectivity index (χ3n) is 4.12. The van der Waals surface area contributed by atoms with Crippen LogP contribution in [0.3, 0.4) is 0 Å². The molecule has 1 spiro atoms. The quantitative estimate of drug-likeness (QED) is 0.844. The van der Waals surface area contributed by atoms with E-state index in [2.05, 4.69) is 4.90 Å². The highest BCUT2D eigenvalue weighted by Gasteiger charge is 2.50. The fourth-order valence-electron chi connectivity index (χ4n) is 3.34. The normalized spacial score (nSPS) is 22.5. The molecule has 96 valence electrons. The van der Waals surface area contributed by atoms with Gasteiger partial charge in [-0.2, -0.15) is 0 Å². The van der Waals surface area contributed by atoms with Crippen molar-refractivity contribution in [3.8, 4) is 0 Å². The summed E-state index contributed by atoms with van der Waals surface area (Å²) in [6.07, 6.45) is 2.34. The SMILES string of the molecule is NC1CC2(C1)CN(Cc1ccc(C(=O)O)cc1)C2. The van der Waals surface area contributed by atoms with Crippen molar-refractivity contribution in [2.75, 3.05) is 13.1 Å². The molecule has 1 heterocycles. The predicted octanol–water partition coefficient (Wildman–Crippen LogP) is 1.31. The summed E-state index contributed by atoms with van der Waals surface area (Å²) in [6, 6.07) is 7.57. The molecule has 0 radical (unpaired) electrons. The zero-order valence-electron chi connectivity index (χ0n) is 10.3. The number of nitrogens with zero attached hydrogens (tertiary/aromatic N) is 1. The molecule has 1 aliphatic heterocycles. The molecule has 0 amide bonds. The Morgan fingerprint density at radius 2 is 1.94 bits per heavy atom. The second kappa shape index (κ2) is 4.07. The number of rotatable bonds is 3. The van der Waals surface area contributed by atoms with Gasteiger partial charge in [0, 0.05) is 25.7 Å². The van der Waals surface area contributed by atoms with Crippen molar-refractivity contribution in [2.45, 2.75) is 25.4 Å². The largest absolute Gasteiger partial charge is 0.478 e. The van der Waals surface area contributed by atoms with Gasteiger partial charge in [0.1, 0.15) is 0 Å². The summed E-state index contributed by atoms with van der Waals surface area (Å²) in [5.74, 6) is -0.868. The van der Waals surface area contributed by atoms with E-state index in [9.17, 15) is 4.79 Å². The van der Waals surface area contributed by atoms with Crippen LogP contribution >= 0.6 is 0 Å². The van der Waals surface area contributed by atoms with Gasteiger partial charge in [-0.3, -0.25) is 4.90 Å². The lowest BCUT2D eigenvalue weighted by Crippen LogP contribution is -2.64. The first-order chi connectivity index (χ1) is 8.56. The van der Waals surface area contributed by atoms with Crippen molar-refractivity contribution in [3.63, 3.8) is 0 Å². The van der Waals surface area contributed by atoms with Crippen molar-refractivity contribution in [1.29, 1.82) is 0 Å². The number of carboxylic acid groups (broad SMARTS) is 1. The monoisotopic (exact) mass is 246 g/mol. The maximum Gasteiger partial charge on any atom is 0.335 e. The third-order valence-corrected chi connectivity index (χ3v) is 4.12. The minimum atomic E-state index is -0.868. The van der Waals surface area contributed by atoms with Gasteiger partial charge in [0.15, 0.2) is 0 Å². The molecule has 4 nitrogen and oxygen atoms in total. The number of likely N-dealkylation sites (tertiary alicyclic amines) is 1. The lowest BCUT2D eigenvalue weighted by atomic mass is 9.61. The van der Waals surface area contributed by atoms with Crippen LogP contribution in [0, 0.1) is 5.41 Å². The van der Waals surface area contributed by atoms with Crippen molar-refractivity contribution in [3.05, 3.63) is 35.4 Å². The molecule has 18 heavy (non-hydrogen) atoms. The first kappa shape index (κ1) is 11.7. The van der Waals surface area contributed by atoms with Gasteiger partial charge in [-0.05, 0) is 36.0 Å². The predicted molar refractivity (Wildman–Crippen MR) is 68.3 cm³/mol. The van der Waals surface area contributed by atoms with Gasteiger partial charge in [0.2, 0.25) is 0 Å². The van der Waals surface area contributed by atoms with Gasteiger partial charge in [-0.25, -0.2) is 4.79 Å². The van der Waals surface area contributed by atoms with Crippen LogP contribution < -0.4 is 5.73 Å². The fraction of sp³-hybridized carbons (Fsp3) is 0.500. The molecule has 0 unspecified atom stereocenters. The number of nitrogens with two attached hydrogens (primary N) is 1. The average Bonchev–Trinajstić information content (AvgIpc) is 2.25. The van der Waals surface area contributed by atoms with E-state index in [4.69, 9.17) is 10.8 Å². The van der Waals surface area contributed by atoms with Gasteiger partial charge in [0.25, 0.3) is 0 Å². The van der Waals surface area contributed by atoms with Crippen molar-refractivity contribution in [1.82, 2.24) is 4.90 Å². The van der Waals surface area contributed by atoms with E-state index in [-0.39, 0.29) is 0 Å². The van der Waals surface area contributed by atoms with Crippen molar-refractivity contribution >= 4 is 5.97 Å². The Morgan fingerprint density at radius 1 is 1.33 bits per heavy atom. The molecular formula is C14H18N2O2. The molecular weight excluding hydrogens is 228 g/mol. The third kappa shape index (κ3) is 2.02. The van der Waals surface area contributed by atoms with E-state index in [1.807, 2.05) is 12.1 Å². The first-order valence-electron chi connectivity index (χ1n) is 6.37. The van der Waals surface area contributed by atoms with Gasteiger partial charge in [-0.15, -0.1) is 0 Å². The van der Waals surface area contributed by atoms with Crippen LogP contribution in [0.15, 0.2) is 24.3 Å². The maximum atomic E-state index is 10.7. The second-order valence-corrected chi connectivity index (χ2v) is 5.82. The van der Waals surface area contributed by atoms with E-state index < -0.39 is 5.97 Å². The summed E-state index contributed by atoms with van der Waals surface area (Å²) in [7, 11) is 0. The highest BCUT2D eigenvalue weighted by atomic mass is 16.4. The van der Waals surface area contributed by atoms with Gasteiger partial charge < -0.3 is 10.8 Å². The lowest BCUT2D eigenvalue weighted by Gasteiger charge is -2.58. The Labute approximate surface area is 106 Å². The smallest absolute Gasteiger partial charge is 0.335 e. The number of hydrogen-bond acceptors (Lipinski definition) is 3. The summed E-state index contributed by atoms with van der Waals surface area (Å²) in [5.41, 5.74) is 7.88. The minimum Gasteiger partial charge on any atom is -0.478 e. The molecule has 1 saturated heterocycles. The van der Waals surface area contributed by atoms with Crippen molar-refractivity contribution < 1.29 is 9.90 Å². The van der Waals surface area contributed by atoms with E-state index in [0.717, 1.165) is 19.6 Å². The van der Waals surface area contributed by atoms with E-state index in [1.54, 1.807) is 12.1 Å². The van der Waals surface area contributed by atoms with E-state index in [1.165, 1.54) is 18.4 Å². The van der Waals surface area contributed by atoms with Gasteiger partial charge in [0.05, 0.1) is 5.56 Å². The molecule has 1 saturated carbocycles. The minimum absolute atomic E-state index is 0.351. The van der Waals surface area contributed by atoms with Crippen LogP contribution in [0.2, 0.25) is 0 Å². The van der Waals surface area contributed by atoms with Crippen LogP contribution in [0.4, 0.5) is 0 Å². The summed E-state index contributed by atoms with van der Waals surface area (Å²) in [6.45, 7) is 3.19. The zero-order valence-corrected chi connectivity index (χ0v) is 10.3. The average molecular weight is 246 g/mol. The Bertz CT molecular complexity index is 455. The Morgan fingerprint density at radius 3 is 2.44 bits per heavy atom.